The van der Waals surface area contributed by atoms with E-state index in [4.69, 9.17) is 9.47 Å². The Kier molecular flexibility index (Phi) is 7.30. The molecule has 1 aliphatic heterocycles. The van der Waals surface area contributed by atoms with E-state index in [1.807, 2.05) is 38.1 Å². The lowest BCUT2D eigenvalue weighted by Gasteiger charge is -2.36. The first-order valence-corrected chi connectivity index (χ1v) is 11.8. The molecular formula is C22H28N2O6S. The van der Waals surface area contributed by atoms with Crippen LogP contribution in [0.15, 0.2) is 47.4 Å². The molecule has 0 aromatic heterocycles. The van der Waals surface area contributed by atoms with Crippen LogP contribution in [0.25, 0.3) is 10.8 Å². The van der Waals surface area contributed by atoms with E-state index in [2.05, 4.69) is 4.72 Å². The van der Waals surface area contributed by atoms with Gasteiger partial charge in [-0.25, -0.2) is 13.1 Å². The molecule has 8 nitrogen and oxygen atoms in total. The summed E-state index contributed by atoms with van der Waals surface area (Å²) >= 11 is 0. The summed E-state index contributed by atoms with van der Waals surface area (Å²) < 4.78 is 38.3. The van der Waals surface area contributed by atoms with Crippen LogP contribution >= 0.6 is 0 Å². The maximum Gasteiger partial charge on any atom is 0.307 e. The van der Waals surface area contributed by atoms with E-state index in [9.17, 15) is 18.0 Å². The van der Waals surface area contributed by atoms with E-state index < -0.39 is 22.1 Å². The van der Waals surface area contributed by atoms with Crippen LogP contribution in [0.4, 0.5) is 0 Å². The minimum Gasteiger partial charge on any atom is -0.452 e. The molecule has 1 aliphatic rings. The Morgan fingerprint density at radius 3 is 2.45 bits per heavy atom. The van der Waals surface area contributed by atoms with Crippen LogP contribution in [0, 0.1) is 0 Å². The monoisotopic (exact) mass is 448 g/mol. The Morgan fingerprint density at radius 1 is 1.13 bits per heavy atom. The van der Waals surface area contributed by atoms with Crippen LogP contribution in [0.2, 0.25) is 0 Å². The average molecular weight is 449 g/mol. The van der Waals surface area contributed by atoms with Crippen molar-refractivity contribution in [3.8, 4) is 0 Å². The molecule has 2 aromatic carbocycles. The van der Waals surface area contributed by atoms with Crippen LogP contribution in [0.3, 0.4) is 0 Å². The Hall–Kier alpha value is -2.49. The van der Waals surface area contributed by atoms with Crippen molar-refractivity contribution < 1.29 is 27.5 Å². The predicted molar refractivity (Wildman–Crippen MR) is 116 cm³/mol. The second-order valence-electron chi connectivity index (χ2n) is 7.79. The molecule has 2 aromatic rings. The van der Waals surface area contributed by atoms with E-state index >= 15 is 0 Å². The number of carbonyl (C=O) groups is 2. The number of morpholine rings is 1. The Balaban J connectivity index is 1.50. The minimum absolute atomic E-state index is 0.0832. The van der Waals surface area contributed by atoms with Crippen LogP contribution in [0.1, 0.15) is 27.2 Å². The molecule has 0 bridgehead atoms. The van der Waals surface area contributed by atoms with E-state index in [1.54, 1.807) is 17.0 Å². The fourth-order valence-corrected chi connectivity index (χ4v) is 4.69. The van der Waals surface area contributed by atoms with Crippen molar-refractivity contribution in [3.05, 3.63) is 42.5 Å². The fraction of sp³-hybridized carbons (Fsp3) is 0.455. The third-order valence-electron chi connectivity index (χ3n) is 5.04. The second-order valence-corrected chi connectivity index (χ2v) is 9.56. The molecule has 3 rings (SSSR count). The van der Waals surface area contributed by atoms with Crippen molar-refractivity contribution in [2.24, 2.45) is 0 Å². The van der Waals surface area contributed by atoms with Gasteiger partial charge in [0.05, 0.1) is 23.5 Å². The Morgan fingerprint density at radius 2 is 1.77 bits per heavy atom. The van der Waals surface area contributed by atoms with Crippen LogP contribution < -0.4 is 4.72 Å². The van der Waals surface area contributed by atoms with Crippen molar-refractivity contribution in [1.82, 2.24) is 9.62 Å². The van der Waals surface area contributed by atoms with Gasteiger partial charge in [0.15, 0.2) is 6.10 Å². The van der Waals surface area contributed by atoms with Gasteiger partial charge in [-0.15, -0.1) is 0 Å². The summed E-state index contributed by atoms with van der Waals surface area (Å²) in [5.74, 6) is -0.927. The highest BCUT2D eigenvalue weighted by molar-refractivity contribution is 7.89. The average Bonchev–Trinajstić information content (AvgIpc) is 2.71. The lowest BCUT2D eigenvalue weighted by Crippen LogP contribution is -2.51. The van der Waals surface area contributed by atoms with E-state index in [0.29, 0.717) is 13.1 Å². The van der Waals surface area contributed by atoms with E-state index in [-0.39, 0.29) is 36.0 Å². The van der Waals surface area contributed by atoms with Crippen LogP contribution in [-0.2, 0) is 29.1 Å². The maximum atomic E-state index is 12.5. The number of sulfonamides is 1. The topological polar surface area (TPSA) is 102 Å². The van der Waals surface area contributed by atoms with Crippen molar-refractivity contribution in [3.63, 3.8) is 0 Å². The molecule has 1 amide bonds. The Labute approximate surface area is 182 Å². The molecule has 3 atom stereocenters. The van der Waals surface area contributed by atoms with Gasteiger partial charge < -0.3 is 14.4 Å². The molecule has 0 aliphatic carbocycles. The molecule has 1 fully saturated rings. The molecule has 0 radical (unpaired) electrons. The number of fused-ring (bicyclic) bond motifs is 1. The fourth-order valence-electron chi connectivity index (χ4n) is 3.63. The van der Waals surface area contributed by atoms with Crippen LogP contribution in [0.5, 0.6) is 0 Å². The first-order chi connectivity index (χ1) is 14.7. The van der Waals surface area contributed by atoms with Gasteiger partial charge in [0.1, 0.15) is 0 Å². The number of amides is 1. The summed E-state index contributed by atoms with van der Waals surface area (Å²) in [7, 11) is -3.77. The van der Waals surface area contributed by atoms with Crippen molar-refractivity contribution >= 4 is 32.7 Å². The standard InChI is InChI=1S/C22H28N2O6S/c1-15-13-24(14-16(2)29-15)22(26)17(3)30-21(25)10-11-23-31(27,28)20-9-8-18-6-4-5-7-19(18)12-20/h4-9,12,15-17,23H,10-11,13-14H2,1-3H3. The zero-order valence-corrected chi connectivity index (χ0v) is 18.7. The minimum atomic E-state index is -3.77. The number of carbonyl (C=O) groups excluding carboxylic acids is 2. The van der Waals surface area contributed by atoms with Gasteiger partial charge in [-0.1, -0.05) is 30.3 Å². The summed E-state index contributed by atoms with van der Waals surface area (Å²) in [6.45, 7) is 6.04. The van der Waals surface area contributed by atoms with Gasteiger partial charge >= 0.3 is 5.97 Å². The number of benzene rings is 2. The zero-order chi connectivity index (χ0) is 22.6. The number of hydrogen-bond acceptors (Lipinski definition) is 6. The van der Waals surface area contributed by atoms with Gasteiger partial charge in [-0.3, -0.25) is 9.59 Å². The second kappa shape index (κ2) is 9.76. The molecule has 1 N–H and O–H groups in total. The normalized spacial score (nSPS) is 20.4. The molecule has 0 spiro atoms. The van der Waals surface area contributed by atoms with Gasteiger partial charge in [0.2, 0.25) is 10.0 Å². The lowest BCUT2D eigenvalue weighted by atomic mass is 10.1. The van der Waals surface area contributed by atoms with Gasteiger partial charge in [-0.2, -0.15) is 0 Å². The highest BCUT2D eigenvalue weighted by Crippen LogP contribution is 2.19. The van der Waals surface area contributed by atoms with Gasteiger partial charge in [0.25, 0.3) is 5.91 Å². The molecule has 0 saturated carbocycles. The van der Waals surface area contributed by atoms with Crippen LogP contribution in [-0.4, -0.2) is 63.1 Å². The summed E-state index contributed by atoms with van der Waals surface area (Å²) in [4.78, 5) is 26.4. The smallest absolute Gasteiger partial charge is 0.307 e. The van der Waals surface area contributed by atoms with Crippen molar-refractivity contribution in [2.75, 3.05) is 19.6 Å². The molecule has 9 heteroatoms. The summed E-state index contributed by atoms with van der Waals surface area (Å²) in [5, 5.41) is 1.75. The number of nitrogens with one attached hydrogen (secondary N) is 1. The predicted octanol–water partition coefficient (Wildman–Crippen LogP) is 2.08. The maximum absolute atomic E-state index is 12.5. The zero-order valence-electron chi connectivity index (χ0n) is 17.9. The lowest BCUT2D eigenvalue weighted by molar-refractivity contribution is -0.164. The molecule has 1 heterocycles. The summed E-state index contributed by atoms with van der Waals surface area (Å²) in [6.07, 6.45) is -1.29. The highest BCUT2D eigenvalue weighted by atomic mass is 32.2. The van der Waals surface area contributed by atoms with Crippen molar-refractivity contribution in [2.45, 2.75) is 50.4 Å². The van der Waals surface area contributed by atoms with Gasteiger partial charge in [-0.05, 0) is 43.7 Å². The molecular weight excluding hydrogens is 420 g/mol. The number of esters is 1. The molecule has 3 unspecified atom stereocenters. The summed E-state index contributed by atoms with van der Waals surface area (Å²) in [5.41, 5.74) is 0. The highest BCUT2D eigenvalue weighted by Gasteiger charge is 2.30. The first-order valence-electron chi connectivity index (χ1n) is 10.3. The molecule has 1 saturated heterocycles. The van der Waals surface area contributed by atoms with Crippen molar-refractivity contribution in [1.29, 1.82) is 0 Å². The number of hydrogen-bond donors (Lipinski definition) is 1. The van der Waals surface area contributed by atoms with E-state index in [1.165, 1.54) is 13.0 Å². The third-order valence-corrected chi connectivity index (χ3v) is 6.50. The molecule has 31 heavy (non-hydrogen) atoms. The van der Waals surface area contributed by atoms with E-state index in [0.717, 1.165) is 10.8 Å². The summed E-state index contributed by atoms with van der Waals surface area (Å²) in [6, 6.07) is 12.3. The Bertz CT molecular complexity index is 1040. The SMILES string of the molecule is CC1CN(C(=O)C(C)OC(=O)CCNS(=O)(=O)c2ccc3ccccc3c2)CC(C)O1. The number of nitrogens with zero attached hydrogens (tertiary/aromatic N) is 1. The third kappa shape index (κ3) is 6.03. The largest absolute Gasteiger partial charge is 0.452 e. The molecule has 168 valence electrons. The number of rotatable bonds is 7. The van der Waals surface area contributed by atoms with Gasteiger partial charge in [0, 0.05) is 19.6 Å². The quantitative estimate of drug-likeness (QED) is 0.651. The first kappa shape index (κ1) is 23.2. The number of ether oxygens (including phenoxy) is 2.